The van der Waals surface area contributed by atoms with E-state index in [1.54, 1.807) is 0 Å². The summed E-state index contributed by atoms with van der Waals surface area (Å²) >= 11 is 14.3. The predicted molar refractivity (Wildman–Crippen MR) is 69.2 cm³/mol. The summed E-state index contributed by atoms with van der Waals surface area (Å²) in [4.78, 5) is 4.43. The van der Waals surface area contributed by atoms with E-state index >= 15 is 0 Å². The first-order valence-electron chi connectivity index (χ1n) is 4.00. The average molecular weight is 338 g/mol. The van der Waals surface area contributed by atoms with E-state index in [1.165, 1.54) is 0 Å². The van der Waals surface area contributed by atoms with Crippen molar-refractivity contribution in [3.8, 4) is 0 Å². The van der Waals surface area contributed by atoms with Crippen LogP contribution in [0, 0.1) is 10.5 Å². The molecule has 0 amide bonds. The number of rotatable bonds is 0. The summed E-state index contributed by atoms with van der Waals surface area (Å²) in [7, 11) is 0. The summed E-state index contributed by atoms with van der Waals surface area (Å²) < 4.78 is 0.985. The van der Waals surface area contributed by atoms with E-state index in [-0.39, 0.29) is 0 Å². The van der Waals surface area contributed by atoms with Crippen LogP contribution >= 0.6 is 45.8 Å². The maximum atomic E-state index is 6.20. The van der Waals surface area contributed by atoms with Gasteiger partial charge in [-0.2, -0.15) is 0 Å². The van der Waals surface area contributed by atoms with Crippen molar-refractivity contribution in [2.45, 2.75) is 6.92 Å². The van der Waals surface area contributed by atoms with Gasteiger partial charge in [0.25, 0.3) is 0 Å². The number of fused-ring (bicyclic) bond motifs is 1. The average Bonchev–Trinajstić information content (AvgIpc) is 2.16. The number of halogens is 3. The minimum absolute atomic E-state index is 0.681. The van der Waals surface area contributed by atoms with Crippen LogP contribution in [0.5, 0.6) is 0 Å². The fraction of sp³-hybridized carbons (Fsp3) is 0.100. The Bertz CT molecular complexity index is 511. The van der Waals surface area contributed by atoms with Crippen LogP contribution in [-0.2, 0) is 0 Å². The van der Waals surface area contributed by atoms with Crippen molar-refractivity contribution in [3.63, 3.8) is 0 Å². The number of nitrogens with zero attached hydrogens (tertiary/aromatic N) is 1. The highest BCUT2D eigenvalue weighted by molar-refractivity contribution is 14.1. The largest absolute Gasteiger partial charge is 0.252 e. The SMILES string of the molecule is Cc1nc2ccc(Cl)cc2c(Cl)c1I. The standard InChI is InChI=1S/C10H6Cl2IN/c1-5-10(13)9(12)7-4-6(11)2-3-8(7)14-5/h2-4H,1H3. The number of aryl methyl sites for hydroxylation is 1. The second-order valence-electron chi connectivity index (χ2n) is 2.99. The fourth-order valence-electron chi connectivity index (χ4n) is 1.29. The molecular formula is C10H6Cl2IN. The lowest BCUT2D eigenvalue weighted by Gasteiger charge is -2.05. The molecule has 0 atom stereocenters. The van der Waals surface area contributed by atoms with E-state index in [0.717, 1.165) is 25.2 Å². The molecule has 2 aromatic rings. The van der Waals surface area contributed by atoms with E-state index in [9.17, 15) is 0 Å². The predicted octanol–water partition coefficient (Wildman–Crippen LogP) is 4.45. The number of aromatic nitrogens is 1. The lowest BCUT2D eigenvalue weighted by atomic mass is 10.2. The molecule has 0 spiro atoms. The van der Waals surface area contributed by atoms with Crippen molar-refractivity contribution in [3.05, 3.63) is 37.5 Å². The monoisotopic (exact) mass is 337 g/mol. The molecule has 1 nitrogen and oxygen atoms in total. The Morgan fingerprint density at radius 2 is 2.00 bits per heavy atom. The highest BCUT2D eigenvalue weighted by atomic mass is 127. The molecule has 1 aromatic heterocycles. The molecular weight excluding hydrogens is 332 g/mol. The summed E-state index contributed by atoms with van der Waals surface area (Å²) in [6.45, 7) is 1.95. The maximum Gasteiger partial charge on any atom is 0.0722 e. The van der Waals surface area contributed by atoms with E-state index in [0.29, 0.717) is 5.02 Å². The first-order valence-corrected chi connectivity index (χ1v) is 5.84. The van der Waals surface area contributed by atoms with Crippen LogP contribution in [0.25, 0.3) is 10.9 Å². The topological polar surface area (TPSA) is 12.9 Å². The Hall–Kier alpha value is -0.0600. The molecule has 0 N–H and O–H groups in total. The minimum atomic E-state index is 0.681. The Labute approximate surface area is 106 Å². The Balaban J connectivity index is 2.92. The lowest BCUT2D eigenvalue weighted by molar-refractivity contribution is 1.23. The van der Waals surface area contributed by atoms with Gasteiger partial charge in [-0.05, 0) is 47.7 Å². The first kappa shape index (κ1) is 10.5. The van der Waals surface area contributed by atoms with Crippen molar-refractivity contribution in [2.75, 3.05) is 0 Å². The van der Waals surface area contributed by atoms with Gasteiger partial charge in [0.1, 0.15) is 0 Å². The Morgan fingerprint density at radius 1 is 1.29 bits per heavy atom. The van der Waals surface area contributed by atoms with E-state index in [1.807, 2.05) is 25.1 Å². The summed E-state index contributed by atoms with van der Waals surface area (Å²) in [6, 6.07) is 5.54. The van der Waals surface area contributed by atoms with Crippen LogP contribution in [0.3, 0.4) is 0 Å². The van der Waals surface area contributed by atoms with Gasteiger partial charge >= 0.3 is 0 Å². The van der Waals surface area contributed by atoms with Gasteiger partial charge in [-0.25, -0.2) is 0 Å². The molecule has 0 bridgehead atoms. The minimum Gasteiger partial charge on any atom is -0.252 e. The van der Waals surface area contributed by atoms with Crippen molar-refractivity contribution in [1.29, 1.82) is 0 Å². The Kier molecular flexibility index (Phi) is 2.86. The van der Waals surface area contributed by atoms with E-state index in [4.69, 9.17) is 23.2 Å². The van der Waals surface area contributed by atoms with Crippen LogP contribution in [-0.4, -0.2) is 4.98 Å². The molecule has 4 heteroatoms. The third-order valence-electron chi connectivity index (χ3n) is 1.99. The van der Waals surface area contributed by atoms with Gasteiger partial charge in [0.15, 0.2) is 0 Å². The number of benzene rings is 1. The van der Waals surface area contributed by atoms with Crippen LogP contribution in [0.1, 0.15) is 5.69 Å². The summed E-state index contributed by atoms with van der Waals surface area (Å²) in [6.07, 6.45) is 0. The smallest absolute Gasteiger partial charge is 0.0722 e. The van der Waals surface area contributed by atoms with Crippen LogP contribution in [0.2, 0.25) is 10.0 Å². The maximum absolute atomic E-state index is 6.20. The summed E-state index contributed by atoms with van der Waals surface area (Å²) in [5.41, 5.74) is 1.84. The zero-order chi connectivity index (χ0) is 10.3. The zero-order valence-corrected chi connectivity index (χ0v) is 11.0. The van der Waals surface area contributed by atoms with Crippen molar-refractivity contribution in [1.82, 2.24) is 4.98 Å². The molecule has 14 heavy (non-hydrogen) atoms. The number of pyridine rings is 1. The summed E-state index contributed by atoms with van der Waals surface area (Å²) in [5, 5.41) is 2.32. The number of hydrogen-bond acceptors (Lipinski definition) is 1. The lowest BCUT2D eigenvalue weighted by Crippen LogP contribution is -1.90. The normalized spacial score (nSPS) is 10.9. The van der Waals surface area contributed by atoms with Gasteiger partial charge in [-0.1, -0.05) is 23.2 Å². The Morgan fingerprint density at radius 3 is 2.71 bits per heavy atom. The third kappa shape index (κ3) is 1.71. The fourth-order valence-corrected chi connectivity index (χ4v) is 2.16. The molecule has 0 radical (unpaired) electrons. The van der Waals surface area contributed by atoms with Crippen molar-refractivity contribution in [2.24, 2.45) is 0 Å². The van der Waals surface area contributed by atoms with Crippen molar-refractivity contribution >= 4 is 56.7 Å². The van der Waals surface area contributed by atoms with E-state index < -0.39 is 0 Å². The molecule has 0 aliphatic heterocycles. The highest BCUT2D eigenvalue weighted by Gasteiger charge is 2.08. The molecule has 72 valence electrons. The van der Waals surface area contributed by atoms with E-state index in [2.05, 4.69) is 27.6 Å². The molecule has 0 aliphatic carbocycles. The molecule has 0 unspecified atom stereocenters. The molecule has 2 rings (SSSR count). The van der Waals surface area contributed by atoms with Gasteiger partial charge < -0.3 is 0 Å². The van der Waals surface area contributed by atoms with Gasteiger partial charge in [-0.15, -0.1) is 0 Å². The van der Waals surface area contributed by atoms with Gasteiger partial charge in [0.2, 0.25) is 0 Å². The van der Waals surface area contributed by atoms with Gasteiger partial charge in [-0.3, -0.25) is 4.98 Å². The molecule has 1 heterocycles. The molecule has 0 saturated carbocycles. The number of hydrogen-bond donors (Lipinski definition) is 0. The van der Waals surface area contributed by atoms with Crippen LogP contribution in [0.4, 0.5) is 0 Å². The quantitative estimate of drug-likeness (QED) is 0.647. The molecule has 0 aliphatic rings. The summed E-state index contributed by atoms with van der Waals surface area (Å²) in [5.74, 6) is 0. The molecule has 1 aromatic carbocycles. The third-order valence-corrected chi connectivity index (χ3v) is 4.26. The highest BCUT2D eigenvalue weighted by Crippen LogP contribution is 2.30. The second-order valence-corrected chi connectivity index (χ2v) is 4.88. The van der Waals surface area contributed by atoms with Gasteiger partial charge in [0.05, 0.1) is 19.8 Å². The zero-order valence-electron chi connectivity index (χ0n) is 7.31. The van der Waals surface area contributed by atoms with Crippen LogP contribution < -0.4 is 0 Å². The second kappa shape index (κ2) is 3.83. The van der Waals surface area contributed by atoms with Crippen molar-refractivity contribution < 1.29 is 0 Å². The van der Waals surface area contributed by atoms with Gasteiger partial charge in [0, 0.05) is 10.4 Å². The molecule has 0 fully saturated rings. The first-order chi connectivity index (χ1) is 6.59. The van der Waals surface area contributed by atoms with Crippen LogP contribution in [0.15, 0.2) is 18.2 Å². The molecule has 0 saturated heterocycles.